The standard InChI is InChI=1S/C13H27N3/c1-11-5-4-8-16(9-6-11)10-7-13(2,3)12(14)15/h11H,4-10H2,1-3H3,(H3,14,15). The van der Waals surface area contributed by atoms with Crippen molar-refractivity contribution in [3.05, 3.63) is 0 Å². The zero-order chi connectivity index (χ0) is 12.2. The lowest BCUT2D eigenvalue weighted by Crippen LogP contribution is -2.36. The van der Waals surface area contributed by atoms with Crippen LogP contribution >= 0.6 is 0 Å². The lowest BCUT2D eigenvalue weighted by molar-refractivity contribution is 0.251. The second-order valence-electron chi connectivity index (χ2n) is 5.93. The van der Waals surface area contributed by atoms with Crippen LogP contribution in [0, 0.1) is 16.7 Å². The lowest BCUT2D eigenvalue weighted by atomic mass is 9.88. The quantitative estimate of drug-likeness (QED) is 0.570. The van der Waals surface area contributed by atoms with E-state index < -0.39 is 0 Å². The van der Waals surface area contributed by atoms with Crippen LogP contribution in [0.1, 0.15) is 46.5 Å². The predicted molar refractivity (Wildman–Crippen MR) is 69.8 cm³/mol. The van der Waals surface area contributed by atoms with Gasteiger partial charge in [0.25, 0.3) is 0 Å². The minimum atomic E-state index is -0.141. The van der Waals surface area contributed by atoms with Crippen molar-refractivity contribution in [3.8, 4) is 0 Å². The molecule has 0 aliphatic carbocycles. The molecule has 0 aromatic rings. The molecule has 1 heterocycles. The van der Waals surface area contributed by atoms with E-state index in [0.717, 1.165) is 18.9 Å². The number of nitrogens with two attached hydrogens (primary N) is 1. The van der Waals surface area contributed by atoms with Gasteiger partial charge in [0.15, 0.2) is 0 Å². The molecule has 1 atom stereocenters. The van der Waals surface area contributed by atoms with E-state index in [1.807, 2.05) is 0 Å². The van der Waals surface area contributed by atoms with Crippen molar-refractivity contribution in [2.45, 2.75) is 46.5 Å². The Kier molecular flexibility index (Phi) is 4.78. The fraction of sp³-hybridized carbons (Fsp3) is 0.923. The molecule has 0 amide bonds. The summed E-state index contributed by atoms with van der Waals surface area (Å²) < 4.78 is 0. The van der Waals surface area contributed by atoms with Crippen LogP contribution < -0.4 is 5.73 Å². The first-order chi connectivity index (χ1) is 7.42. The Labute approximate surface area is 99.9 Å². The molecule has 1 aliphatic rings. The predicted octanol–water partition coefficient (Wildman–Crippen LogP) is 2.46. The molecule has 3 N–H and O–H groups in total. The van der Waals surface area contributed by atoms with E-state index in [4.69, 9.17) is 11.1 Å². The highest BCUT2D eigenvalue weighted by Crippen LogP contribution is 2.22. The first-order valence-electron chi connectivity index (χ1n) is 6.48. The zero-order valence-electron chi connectivity index (χ0n) is 11.1. The van der Waals surface area contributed by atoms with Crippen molar-refractivity contribution in [1.29, 1.82) is 5.41 Å². The summed E-state index contributed by atoms with van der Waals surface area (Å²) in [7, 11) is 0. The van der Waals surface area contributed by atoms with Gasteiger partial charge in [-0.05, 0) is 51.2 Å². The molecule has 0 aromatic heterocycles. The molecule has 3 nitrogen and oxygen atoms in total. The maximum absolute atomic E-state index is 7.55. The Morgan fingerprint density at radius 2 is 2.06 bits per heavy atom. The largest absolute Gasteiger partial charge is 0.387 e. The van der Waals surface area contributed by atoms with Crippen molar-refractivity contribution >= 4 is 5.84 Å². The average Bonchev–Trinajstić information content (AvgIpc) is 2.40. The average molecular weight is 225 g/mol. The fourth-order valence-corrected chi connectivity index (χ4v) is 2.12. The van der Waals surface area contributed by atoms with E-state index in [1.165, 1.54) is 32.4 Å². The molecule has 0 radical (unpaired) electrons. The number of nitrogens with zero attached hydrogens (tertiary/aromatic N) is 1. The van der Waals surface area contributed by atoms with Crippen LogP contribution in [0.3, 0.4) is 0 Å². The van der Waals surface area contributed by atoms with Gasteiger partial charge in [-0.3, -0.25) is 5.41 Å². The number of likely N-dealkylation sites (tertiary alicyclic amines) is 1. The van der Waals surface area contributed by atoms with Gasteiger partial charge in [0.05, 0.1) is 5.84 Å². The summed E-state index contributed by atoms with van der Waals surface area (Å²) in [4.78, 5) is 2.54. The summed E-state index contributed by atoms with van der Waals surface area (Å²) in [6.07, 6.45) is 5.01. The van der Waals surface area contributed by atoms with Gasteiger partial charge in [0, 0.05) is 5.41 Å². The molecule has 0 bridgehead atoms. The van der Waals surface area contributed by atoms with Crippen LogP contribution in [-0.4, -0.2) is 30.4 Å². The van der Waals surface area contributed by atoms with E-state index in [-0.39, 0.29) is 5.41 Å². The van der Waals surface area contributed by atoms with Crippen molar-refractivity contribution in [2.24, 2.45) is 17.1 Å². The summed E-state index contributed by atoms with van der Waals surface area (Å²) in [5.74, 6) is 1.20. The highest BCUT2D eigenvalue weighted by molar-refractivity contribution is 5.82. The Morgan fingerprint density at radius 1 is 1.38 bits per heavy atom. The normalized spacial score (nSPS) is 24.1. The third-order valence-electron chi connectivity index (χ3n) is 3.89. The smallest absolute Gasteiger partial charge is 0.0963 e. The Morgan fingerprint density at radius 3 is 2.69 bits per heavy atom. The van der Waals surface area contributed by atoms with Crippen LogP contribution in [0.25, 0.3) is 0 Å². The van der Waals surface area contributed by atoms with Gasteiger partial charge in [-0.1, -0.05) is 20.8 Å². The monoisotopic (exact) mass is 225 g/mol. The summed E-state index contributed by atoms with van der Waals surface area (Å²) in [5, 5.41) is 7.55. The zero-order valence-corrected chi connectivity index (χ0v) is 11.1. The molecule has 94 valence electrons. The molecule has 16 heavy (non-hydrogen) atoms. The van der Waals surface area contributed by atoms with Crippen LogP contribution in [0.2, 0.25) is 0 Å². The fourth-order valence-electron chi connectivity index (χ4n) is 2.12. The molecule has 0 spiro atoms. The molecule has 1 fully saturated rings. The second-order valence-corrected chi connectivity index (χ2v) is 5.93. The van der Waals surface area contributed by atoms with Gasteiger partial charge >= 0.3 is 0 Å². The van der Waals surface area contributed by atoms with E-state index in [9.17, 15) is 0 Å². The topological polar surface area (TPSA) is 53.1 Å². The van der Waals surface area contributed by atoms with E-state index in [2.05, 4.69) is 25.7 Å². The van der Waals surface area contributed by atoms with Crippen LogP contribution in [0.4, 0.5) is 0 Å². The SMILES string of the molecule is CC1CCCN(CCC(C)(C)C(=N)N)CC1. The molecule has 3 heteroatoms. The number of hydrogen-bond acceptors (Lipinski definition) is 2. The van der Waals surface area contributed by atoms with Crippen molar-refractivity contribution in [3.63, 3.8) is 0 Å². The minimum Gasteiger partial charge on any atom is -0.387 e. The first-order valence-corrected chi connectivity index (χ1v) is 6.48. The molecule has 1 rings (SSSR count). The summed E-state index contributed by atoms with van der Waals surface area (Å²) >= 11 is 0. The highest BCUT2D eigenvalue weighted by Gasteiger charge is 2.23. The van der Waals surface area contributed by atoms with Gasteiger partial charge in [0.1, 0.15) is 0 Å². The van der Waals surface area contributed by atoms with Crippen molar-refractivity contribution in [2.75, 3.05) is 19.6 Å². The van der Waals surface area contributed by atoms with Gasteiger partial charge in [-0.15, -0.1) is 0 Å². The van der Waals surface area contributed by atoms with Crippen molar-refractivity contribution < 1.29 is 0 Å². The molecular formula is C13H27N3. The van der Waals surface area contributed by atoms with Crippen molar-refractivity contribution in [1.82, 2.24) is 4.90 Å². The van der Waals surface area contributed by atoms with Gasteiger partial charge < -0.3 is 10.6 Å². The third-order valence-corrected chi connectivity index (χ3v) is 3.89. The maximum Gasteiger partial charge on any atom is 0.0963 e. The molecule has 1 unspecified atom stereocenters. The van der Waals surface area contributed by atoms with Gasteiger partial charge in [0.2, 0.25) is 0 Å². The molecule has 1 aliphatic heterocycles. The lowest BCUT2D eigenvalue weighted by Gasteiger charge is -2.27. The highest BCUT2D eigenvalue weighted by atomic mass is 15.1. The van der Waals surface area contributed by atoms with E-state index >= 15 is 0 Å². The summed E-state index contributed by atoms with van der Waals surface area (Å²) in [6, 6.07) is 0. The Bertz CT molecular complexity index is 235. The number of rotatable bonds is 4. The summed E-state index contributed by atoms with van der Waals surface area (Å²) in [6.45, 7) is 10.0. The second kappa shape index (κ2) is 5.67. The van der Waals surface area contributed by atoms with Crippen LogP contribution in [-0.2, 0) is 0 Å². The van der Waals surface area contributed by atoms with Gasteiger partial charge in [-0.2, -0.15) is 0 Å². The van der Waals surface area contributed by atoms with Crippen LogP contribution in [0.15, 0.2) is 0 Å². The third kappa shape index (κ3) is 4.12. The Hall–Kier alpha value is -0.570. The molecule has 0 aromatic carbocycles. The van der Waals surface area contributed by atoms with Gasteiger partial charge in [-0.25, -0.2) is 0 Å². The molecular weight excluding hydrogens is 198 g/mol. The number of nitrogens with one attached hydrogen (secondary N) is 1. The molecule has 1 saturated heterocycles. The number of hydrogen-bond donors (Lipinski definition) is 2. The molecule has 0 saturated carbocycles. The van der Waals surface area contributed by atoms with E-state index in [0.29, 0.717) is 5.84 Å². The minimum absolute atomic E-state index is 0.141. The summed E-state index contributed by atoms with van der Waals surface area (Å²) in [5.41, 5.74) is 5.46. The number of amidine groups is 1. The van der Waals surface area contributed by atoms with E-state index in [1.54, 1.807) is 0 Å². The van der Waals surface area contributed by atoms with Crippen LogP contribution in [0.5, 0.6) is 0 Å². The Balaban J connectivity index is 2.34. The maximum atomic E-state index is 7.55. The first kappa shape index (κ1) is 13.5.